The Morgan fingerprint density at radius 1 is 1.21 bits per heavy atom. The lowest BCUT2D eigenvalue weighted by Gasteiger charge is -2.15. The number of nitrogens with one attached hydrogen (secondary N) is 2. The third-order valence-electron chi connectivity index (χ3n) is 3.23. The maximum atomic E-state index is 11.7. The second-order valence-corrected chi connectivity index (χ2v) is 5.20. The molecule has 0 saturated heterocycles. The second kappa shape index (κ2) is 8.70. The maximum absolute atomic E-state index is 11.7. The van der Waals surface area contributed by atoms with E-state index in [4.69, 9.17) is 0 Å². The number of rotatable bonds is 8. The van der Waals surface area contributed by atoms with Gasteiger partial charge in [0.2, 0.25) is 5.91 Å². The summed E-state index contributed by atoms with van der Waals surface area (Å²) in [7, 11) is 0. The van der Waals surface area contributed by atoms with Crippen molar-refractivity contribution in [3.05, 3.63) is 35.9 Å². The van der Waals surface area contributed by atoms with Gasteiger partial charge < -0.3 is 10.6 Å². The van der Waals surface area contributed by atoms with Crippen LogP contribution in [0.4, 0.5) is 0 Å². The summed E-state index contributed by atoms with van der Waals surface area (Å²) in [5.74, 6) is 0.503. The summed E-state index contributed by atoms with van der Waals surface area (Å²) >= 11 is 0. The summed E-state index contributed by atoms with van der Waals surface area (Å²) in [6, 6.07) is 10.6. The van der Waals surface area contributed by atoms with Gasteiger partial charge in [-0.2, -0.15) is 0 Å². The van der Waals surface area contributed by atoms with Gasteiger partial charge in [-0.1, -0.05) is 50.6 Å². The average molecular weight is 262 g/mol. The topological polar surface area (TPSA) is 41.1 Å². The molecule has 1 amide bonds. The Morgan fingerprint density at radius 3 is 2.53 bits per heavy atom. The van der Waals surface area contributed by atoms with Crippen LogP contribution in [0.2, 0.25) is 0 Å². The van der Waals surface area contributed by atoms with Crippen molar-refractivity contribution in [1.82, 2.24) is 10.6 Å². The fourth-order valence-corrected chi connectivity index (χ4v) is 2.13. The van der Waals surface area contributed by atoms with Gasteiger partial charge in [0.05, 0.1) is 6.54 Å². The number of hydrogen-bond acceptors (Lipinski definition) is 2. The largest absolute Gasteiger partial charge is 0.353 e. The van der Waals surface area contributed by atoms with Crippen molar-refractivity contribution in [3.63, 3.8) is 0 Å². The van der Waals surface area contributed by atoms with Crippen molar-refractivity contribution in [1.29, 1.82) is 0 Å². The van der Waals surface area contributed by atoms with Crippen molar-refractivity contribution in [2.45, 2.75) is 45.6 Å². The lowest BCUT2D eigenvalue weighted by molar-refractivity contribution is -0.120. The molecular formula is C16H26N2O. The molecular weight excluding hydrogens is 236 g/mol. The molecule has 1 aromatic rings. The van der Waals surface area contributed by atoms with Gasteiger partial charge in [0.15, 0.2) is 0 Å². The first kappa shape index (κ1) is 15.7. The van der Waals surface area contributed by atoms with Crippen LogP contribution in [0.1, 0.15) is 45.1 Å². The van der Waals surface area contributed by atoms with Crippen LogP contribution in [0.5, 0.6) is 0 Å². The molecule has 0 radical (unpaired) electrons. The van der Waals surface area contributed by atoms with Gasteiger partial charge in [-0.15, -0.1) is 0 Å². The lowest BCUT2D eigenvalue weighted by Crippen LogP contribution is -2.39. The van der Waals surface area contributed by atoms with Crippen LogP contribution < -0.4 is 10.6 Å². The van der Waals surface area contributed by atoms with E-state index in [1.807, 2.05) is 25.1 Å². The molecule has 0 saturated carbocycles. The van der Waals surface area contributed by atoms with Crippen molar-refractivity contribution in [3.8, 4) is 0 Å². The normalized spacial score (nSPS) is 13.8. The number of benzene rings is 1. The van der Waals surface area contributed by atoms with Crippen LogP contribution >= 0.6 is 0 Å². The first-order chi connectivity index (χ1) is 9.13. The monoisotopic (exact) mass is 262 g/mol. The van der Waals surface area contributed by atoms with Crippen molar-refractivity contribution >= 4 is 5.91 Å². The predicted molar refractivity (Wildman–Crippen MR) is 80.2 cm³/mol. The standard InChI is InChI=1S/C16H26N2O/c1-4-8-14(3)18-16(19)12-17-11-13(2)15-9-6-5-7-10-15/h5-7,9-10,13-14,17H,4,8,11-12H2,1-3H3,(H,18,19). The molecule has 0 aliphatic carbocycles. The van der Waals surface area contributed by atoms with Gasteiger partial charge in [-0.05, 0) is 24.8 Å². The van der Waals surface area contributed by atoms with Crippen molar-refractivity contribution in [2.75, 3.05) is 13.1 Å². The summed E-state index contributed by atoms with van der Waals surface area (Å²) in [5, 5.41) is 6.21. The van der Waals surface area contributed by atoms with Gasteiger partial charge in [0.25, 0.3) is 0 Å². The molecule has 1 rings (SSSR count). The molecule has 0 fully saturated rings. The summed E-state index contributed by atoms with van der Waals surface area (Å²) in [6.07, 6.45) is 2.13. The Labute approximate surface area is 116 Å². The number of carbonyl (C=O) groups excluding carboxylic acids is 1. The fraction of sp³-hybridized carbons (Fsp3) is 0.562. The van der Waals surface area contributed by atoms with E-state index >= 15 is 0 Å². The van der Waals surface area contributed by atoms with Crippen LogP contribution in [0.25, 0.3) is 0 Å². The van der Waals surface area contributed by atoms with Crippen LogP contribution in [0.15, 0.2) is 30.3 Å². The minimum atomic E-state index is 0.0845. The smallest absolute Gasteiger partial charge is 0.234 e. The minimum Gasteiger partial charge on any atom is -0.353 e. The van der Waals surface area contributed by atoms with Crippen LogP contribution in [0.3, 0.4) is 0 Å². The SMILES string of the molecule is CCCC(C)NC(=O)CNCC(C)c1ccccc1. The number of hydrogen-bond donors (Lipinski definition) is 2. The highest BCUT2D eigenvalue weighted by molar-refractivity contribution is 5.78. The zero-order valence-corrected chi connectivity index (χ0v) is 12.3. The molecule has 2 unspecified atom stereocenters. The first-order valence-electron chi connectivity index (χ1n) is 7.18. The van der Waals surface area contributed by atoms with Gasteiger partial charge in [0.1, 0.15) is 0 Å². The third kappa shape index (κ3) is 6.39. The molecule has 2 atom stereocenters. The summed E-state index contributed by atoms with van der Waals surface area (Å²) in [5.41, 5.74) is 1.30. The Bertz CT molecular complexity index is 364. The lowest BCUT2D eigenvalue weighted by atomic mass is 10.0. The Morgan fingerprint density at radius 2 is 1.89 bits per heavy atom. The molecule has 0 bridgehead atoms. The van der Waals surface area contributed by atoms with Crippen LogP contribution in [-0.2, 0) is 4.79 Å². The number of carbonyl (C=O) groups is 1. The second-order valence-electron chi connectivity index (χ2n) is 5.20. The van der Waals surface area contributed by atoms with E-state index in [0.29, 0.717) is 12.5 Å². The Kier molecular flexibility index (Phi) is 7.19. The predicted octanol–water partition coefficient (Wildman–Crippen LogP) is 2.68. The van der Waals surface area contributed by atoms with Gasteiger partial charge in [-0.3, -0.25) is 4.79 Å². The van der Waals surface area contributed by atoms with Crippen molar-refractivity contribution in [2.24, 2.45) is 0 Å². The zero-order valence-electron chi connectivity index (χ0n) is 12.3. The van der Waals surface area contributed by atoms with E-state index in [9.17, 15) is 4.79 Å². The average Bonchev–Trinajstić information content (AvgIpc) is 2.39. The molecule has 3 heteroatoms. The molecule has 3 nitrogen and oxygen atoms in total. The third-order valence-corrected chi connectivity index (χ3v) is 3.23. The first-order valence-corrected chi connectivity index (χ1v) is 7.18. The van der Waals surface area contributed by atoms with E-state index in [-0.39, 0.29) is 11.9 Å². The van der Waals surface area contributed by atoms with Gasteiger partial charge >= 0.3 is 0 Å². The highest BCUT2D eigenvalue weighted by atomic mass is 16.1. The van der Waals surface area contributed by atoms with Crippen LogP contribution in [0, 0.1) is 0 Å². The van der Waals surface area contributed by atoms with E-state index < -0.39 is 0 Å². The number of amides is 1. The van der Waals surface area contributed by atoms with Gasteiger partial charge in [-0.25, -0.2) is 0 Å². The minimum absolute atomic E-state index is 0.0845. The molecule has 1 aromatic carbocycles. The van der Waals surface area contributed by atoms with Gasteiger partial charge in [0, 0.05) is 12.6 Å². The molecule has 0 heterocycles. The molecule has 0 aliphatic heterocycles. The van der Waals surface area contributed by atoms with E-state index in [1.165, 1.54) is 5.56 Å². The van der Waals surface area contributed by atoms with Crippen molar-refractivity contribution < 1.29 is 4.79 Å². The van der Waals surface area contributed by atoms with E-state index in [1.54, 1.807) is 0 Å². The quantitative estimate of drug-likeness (QED) is 0.756. The zero-order chi connectivity index (χ0) is 14.1. The molecule has 0 aromatic heterocycles. The highest BCUT2D eigenvalue weighted by Crippen LogP contribution is 2.12. The molecule has 0 spiro atoms. The fourth-order valence-electron chi connectivity index (χ4n) is 2.13. The van der Waals surface area contributed by atoms with E-state index in [2.05, 4.69) is 36.6 Å². The Balaban J connectivity index is 2.21. The summed E-state index contributed by atoms with van der Waals surface area (Å²) < 4.78 is 0. The molecule has 106 valence electrons. The maximum Gasteiger partial charge on any atom is 0.234 e. The highest BCUT2D eigenvalue weighted by Gasteiger charge is 2.08. The molecule has 19 heavy (non-hydrogen) atoms. The summed E-state index contributed by atoms with van der Waals surface area (Å²) in [6.45, 7) is 7.56. The molecule has 0 aliphatic rings. The van der Waals surface area contributed by atoms with E-state index in [0.717, 1.165) is 19.4 Å². The van der Waals surface area contributed by atoms with Crippen LogP contribution in [-0.4, -0.2) is 25.0 Å². The summed E-state index contributed by atoms with van der Waals surface area (Å²) in [4.78, 5) is 11.7. The Hall–Kier alpha value is -1.35. The molecule has 2 N–H and O–H groups in total.